The first-order chi connectivity index (χ1) is 12.7. The Morgan fingerprint density at radius 3 is 2.44 bits per heavy atom. The zero-order valence-corrected chi connectivity index (χ0v) is 14.4. The Morgan fingerprint density at radius 2 is 1.78 bits per heavy atom. The minimum atomic E-state index is -4.53. The van der Waals surface area contributed by atoms with Gasteiger partial charge in [-0.2, -0.15) is 13.2 Å². The van der Waals surface area contributed by atoms with Crippen LogP contribution in [-0.4, -0.2) is 29.2 Å². The van der Waals surface area contributed by atoms with Crippen LogP contribution in [0.2, 0.25) is 5.02 Å². The number of fused-ring (bicyclic) bond motifs is 1. The predicted octanol–water partition coefficient (Wildman–Crippen LogP) is 3.98. The Kier molecular flexibility index (Phi) is 4.93. The SMILES string of the molecule is O=C(CCN1C(=O)c2cccc(Cl)c2C1=O)Nc1cccc(C(F)(F)F)c1. The molecule has 1 heterocycles. The van der Waals surface area contributed by atoms with Gasteiger partial charge in [0.25, 0.3) is 11.8 Å². The summed E-state index contributed by atoms with van der Waals surface area (Å²) in [5.74, 6) is -1.80. The molecule has 1 aliphatic rings. The minimum absolute atomic E-state index is 0.0276. The van der Waals surface area contributed by atoms with E-state index in [4.69, 9.17) is 11.6 Å². The van der Waals surface area contributed by atoms with E-state index in [-0.39, 0.29) is 34.8 Å². The molecule has 0 aliphatic carbocycles. The fourth-order valence-electron chi connectivity index (χ4n) is 2.71. The number of rotatable bonds is 4. The quantitative estimate of drug-likeness (QED) is 0.795. The smallest absolute Gasteiger partial charge is 0.326 e. The average molecular weight is 397 g/mol. The highest BCUT2D eigenvalue weighted by molar-refractivity contribution is 6.37. The van der Waals surface area contributed by atoms with E-state index in [1.807, 2.05) is 0 Å². The van der Waals surface area contributed by atoms with Crippen molar-refractivity contribution in [2.75, 3.05) is 11.9 Å². The minimum Gasteiger partial charge on any atom is -0.326 e. The van der Waals surface area contributed by atoms with Crippen molar-refractivity contribution in [3.63, 3.8) is 0 Å². The van der Waals surface area contributed by atoms with Gasteiger partial charge in [-0.3, -0.25) is 19.3 Å². The number of alkyl halides is 3. The van der Waals surface area contributed by atoms with Gasteiger partial charge in [-0.15, -0.1) is 0 Å². The van der Waals surface area contributed by atoms with Gasteiger partial charge in [0, 0.05) is 18.7 Å². The summed E-state index contributed by atoms with van der Waals surface area (Å²) in [6.45, 7) is -0.215. The molecule has 140 valence electrons. The second-order valence-electron chi connectivity index (χ2n) is 5.80. The third-order valence-corrected chi connectivity index (χ3v) is 4.30. The van der Waals surface area contributed by atoms with Crippen molar-refractivity contribution in [1.29, 1.82) is 0 Å². The molecule has 3 rings (SSSR count). The topological polar surface area (TPSA) is 66.5 Å². The summed E-state index contributed by atoms with van der Waals surface area (Å²) < 4.78 is 38.1. The highest BCUT2D eigenvalue weighted by atomic mass is 35.5. The Labute approximate surface area is 156 Å². The number of carbonyl (C=O) groups is 3. The largest absolute Gasteiger partial charge is 0.416 e. The molecule has 0 unspecified atom stereocenters. The Hall–Kier alpha value is -2.87. The number of anilines is 1. The van der Waals surface area contributed by atoms with E-state index in [9.17, 15) is 27.6 Å². The monoisotopic (exact) mass is 396 g/mol. The Morgan fingerprint density at radius 1 is 1.07 bits per heavy atom. The molecule has 1 aliphatic heterocycles. The van der Waals surface area contributed by atoms with Crippen molar-refractivity contribution >= 4 is 35.0 Å². The lowest BCUT2D eigenvalue weighted by molar-refractivity contribution is -0.137. The van der Waals surface area contributed by atoms with E-state index in [2.05, 4.69) is 5.32 Å². The number of nitrogens with one attached hydrogen (secondary N) is 1. The average Bonchev–Trinajstić information content (AvgIpc) is 2.84. The summed E-state index contributed by atoms with van der Waals surface area (Å²) in [4.78, 5) is 37.5. The molecule has 1 N–H and O–H groups in total. The van der Waals surface area contributed by atoms with Gasteiger partial charge in [-0.25, -0.2) is 0 Å². The van der Waals surface area contributed by atoms with Crippen LogP contribution in [0.5, 0.6) is 0 Å². The van der Waals surface area contributed by atoms with Gasteiger partial charge in [0.15, 0.2) is 0 Å². The number of benzene rings is 2. The molecule has 0 atom stereocenters. The van der Waals surface area contributed by atoms with Gasteiger partial charge in [-0.05, 0) is 30.3 Å². The fourth-order valence-corrected chi connectivity index (χ4v) is 2.96. The third-order valence-electron chi connectivity index (χ3n) is 3.98. The summed E-state index contributed by atoms with van der Waals surface area (Å²) >= 11 is 5.95. The van der Waals surface area contributed by atoms with E-state index in [0.29, 0.717) is 0 Å². The van der Waals surface area contributed by atoms with Crippen molar-refractivity contribution in [3.8, 4) is 0 Å². The summed E-state index contributed by atoms with van der Waals surface area (Å²) in [7, 11) is 0. The lowest BCUT2D eigenvalue weighted by Crippen LogP contribution is -2.33. The highest BCUT2D eigenvalue weighted by Gasteiger charge is 2.37. The van der Waals surface area contributed by atoms with Gasteiger partial charge in [0.05, 0.1) is 21.7 Å². The Balaban J connectivity index is 1.65. The molecule has 2 aromatic rings. The molecule has 0 radical (unpaired) electrons. The van der Waals surface area contributed by atoms with Crippen molar-refractivity contribution in [3.05, 3.63) is 64.2 Å². The molecule has 0 saturated carbocycles. The van der Waals surface area contributed by atoms with Crippen molar-refractivity contribution in [2.45, 2.75) is 12.6 Å². The zero-order valence-electron chi connectivity index (χ0n) is 13.6. The van der Waals surface area contributed by atoms with Crippen LogP contribution in [0.25, 0.3) is 0 Å². The molecule has 27 heavy (non-hydrogen) atoms. The maximum Gasteiger partial charge on any atom is 0.416 e. The number of halogens is 4. The normalized spacial score (nSPS) is 13.7. The van der Waals surface area contributed by atoms with E-state index < -0.39 is 29.5 Å². The second-order valence-corrected chi connectivity index (χ2v) is 6.21. The molecule has 2 aromatic carbocycles. The summed E-state index contributed by atoms with van der Waals surface area (Å²) in [5.41, 5.74) is -0.677. The van der Waals surface area contributed by atoms with Crippen LogP contribution in [0.3, 0.4) is 0 Å². The number of hydrogen-bond acceptors (Lipinski definition) is 3. The number of amides is 3. The van der Waals surface area contributed by atoms with E-state index in [1.165, 1.54) is 30.3 Å². The van der Waals surface area contributed by atoms with E-state index in [1.54, 1.807) is 0 Å². The first-order valence-corrected chi connectivity index (χ1v) is 8.18. The van der Waals surface area contributed by atoms with Crippen molar-refractivity contribution in [2.24, 2.45) is 0 Å². The molecule has 0 bridgehead atoms. The van der Waals surface area contributed by atoms with Crippen LogP contribution in [-0.2, 0) is 11.0 Å². The summed E-state index contributed by atoms with van der Waals surface area (Å²) in [6, 6.07) is 8.66. The van der Waals surface area contributed by atoms with Crippen LogP contribution >= 0.6 is 11.6 Å². The lowest BCUT2D eigenvalue weighted by atomic mass is 10.1. The van der Waals surface area contributed by atoms with Gasteiger partial charge in [-0.1, -0.05) is 23.7 Å². The van der Waals surface area contributed by atoms with Gasteiger partial charge in [0.2, 0.25) is 5.91 Å². The fraction of sp³-hybridized carbons (Fsp3) is 0.167. The second kappa shape index (κ2) is 7.03. The van der Waals surface area contributed by atoms with Crippen LogP contribution in [0.4, 0.5) is 18.9 Å². The number of hydrogen-bond donors (Lipinski definition) is 1. The Bertz CT molecular complexity index is 944. The maximum atomic E-state index is 12.7. The highest BCUT2D eigenvalue weighted by Crippen LogP contribution is 2.31. The molecule has 0 fully saturated rings. The number of carbonyl (C=O) groups excluding carboxylic acids is 3. The van der Waals surface area contributed by atoms with Gasteiger partial charge >= 0.3 is 6.18 Å². The molecule has 0 aromatic heterocycles. The van der Waals surface area contributed by atoms with Crippen LogP contribution in [0.1, 0.15) is 32.7 Å². The summed E-state index contributed by atoms with van der Waals surface area (Å²) in [5, 5.41) is 2.47. The molecule has 5 nitrogen and oxygen atoms in total. The molecular weight excluding hydrogens is 385 g/mol. The standard InChI is InChI=1S/C18H12ClF3N2O3/c19-13-6-2-5-12-15(13)17(27)24(16(12)26)8-7-14(25)23-11-4-1-3-10(9-11)18(20,21)22/h1-6,9H,7-8H2,(H,23,25). The molecule has 0 spiro atoms. The van der Waals surface area contributed by atoms with E-state index in [0.717, 1.165) is 17.0 Å². The number of nitrogens with zero attached hydrogens (tertiary/aromatic N) is 1. The molecule has 0 saturated heterocycles. The van der Waals surface area contributed by atoms with Crippen LogP contribution in [0.15, 0.2) is 42.5 Å². The van der Waals surface area contributed by atoms with Crippen LogP contribution < -0.4 is 5.32 Å². The van der Waals surface area contributed by atoms with Gasteiger partial charge in [0.1, 0.15) is 0 Å². The zero-order chi connectivity index (χ0) is 19.8. The number of imide groups is 1. The van der Waals surface area contributed by atoms with Crippen LogP contribution in [0, 0.1) is 0 Å². The lowest BCUT2D eigenvalue weighted by Gasteiger charge is -2.14. The molecule has 9 heteroatoms. The predicted molar refractivity (Wildman–Crippen MR) is 91.5 cm³/mol. The van der Waals surface area contributed by atoms with Gasteiger partial charge < -0.3 is 5.32 Å². The summed E-state index contributed by atoms with van der Waals surface area (Å²) in [6.07, 6.45) is -4.79. The maximum absolute atomic E-state index is 12.7. The third kappa shape index (κ3) is 3.80. The van der Waals surface area contributed by atoms with Crippen molar-refractivity contribution in [1.82, 2.24) is 4.90 Å². The first kappa shape index (κ1) is 18.9. The molecular formula is C18H12ClF3N2O3. The molecule has 3 amide bonds. The van der Waals surface area contributed by atoms with Crippen molar-refractivity contribution < 1.29 is 27.6 Å². The first-order valence-electron chi connectivity index (χ1n) is 7.80. The van der Waals surface area contributed by atoms with E-state index >= 15 is 0 Å².